The molecule has 66 valence electrons. The number of hydrogen-bond donors (Lipinski definition) is 0. The SMILES string of the molecule is C1=CC=c2c(sc3ccccc23)=CN=1. The van der Waals surface area contributed by atoms with Crippen LogP contribution in [0.5, 0.6) is 0 Å². The normalized spacial score (nSPS) is 13.1. The lowest BCUT2D eigenvalue weighted by Crippen LogP contribution is -2.16. The molecule has 0 fully saturated rings. The summed E-state index contributed by atoms with van der Waals surface area (Å²) in [5, 5.41) is 2.57. The Labute approximate surface area is 85.0 Å². The van der Waals surface area contributed by atoms with Crippen LogP contribution in [0.3, 0.4) is 0 Å². The van der Waals surface area contributed by atoms with Crippen molar-refractivity contribution in [1.82, 2.24) is 0 Å². The molecule has 0 unspecified atom stereocenters. The van der Waals surface area contributed by atoms with Crippen LogP contribution in [0, 0.1) is 0 Å². The van der Waals surface area contributed by atoms with Crippen molar-refractivity contribution in [3.05, 3.63) is 40.1 Å². The minimum atomic E-state index is 1.22. The second-order valence-electron chi connectivity index (χ2n) is 3.10. The van der Waals surface area contributed by atoms with E-state index in [1.807, 2.05) is 12.3 Å². The van der Waals surface area contributed by atoms with Gasteiger partial charge < -0.3 is 0 Å². The molecule has 0 atom stereocenters. The molecule has 0 amide bonds. The largest absolute Gasteiger partial charge is 0.213 e. The molecule has 2 heterocycles. The van der Waals surface area contributed by atoms with E-state index >= 15 is 0 Å². The van der Waals surface area contributed by atoms with Gasteiger partial charge in [-0.1, -0.05) is 18.2 Å². The minimum Gasteiger partial charge on any atom is -0.213 e. The van der Waals surface area contributed by atoms with Crippen LogP contribution < -0.4 is 9.75 Å². The van der Waals surface area contributed by atoms with Crippen molar-refractivity contribution in [2.45, 2.75) is 0 Å². The van der Waals surface area contributed by atoms with Gasteiger partial charge in [-0.05, 0) is 18.0 Å². The van der Waals surface area contributed by atoms with Crippen LogP contribution in [0.15, 0.2) is 35.3 Å². The van der Waals surface area contributed by atoms with Crippen LogP contribution in [-0.4, -0.2) is 5.87 Å². The number of thiophene rings is 1. The highest BCUT2D eigenvalue weighted by Gasteiger charge is 1.99. The lowest BCUT2D eigenvalue weighted by molar-refractivity contribution is 1.69. The smallest absolute Gasteiger partial charge is 0.0547 e. The van der Waals surface area contributed by atoms with Crippen molar-refractivity contribution in [2.75, 3.05) is 0 Å². The first kappa shape index (κ1) is 7.74. The van der Waals surface area contributed by atoms with E-state index < -0.39 is 0 Å². The summed E-state index contributed by atoms with van der Waals surface area (Å²) < 4.78 is 2.53. The summed E-state index contributed by atoms with van der Waals surface area (Å²) in [7, 11) is 0. The monoisotopic (exact) mass is 197 g/mol. The molecule has 1 aromatic heterocycles. The minimum absolute atomic E-state index is 1.22. The summed E-state index contributed by atoms with van der Waals surface area (Å²) in [5.74, 6) is 2.84. The predicted molar refractivity (Wildman–Crippen MR) is 62.0 cm³/mol. The summed E-state index contributed by atoms with van der Waals surface area (Å²) in [4.78, 5) is 4.06. The molecule has 1 aliphatic heterocycles. The summed E-state index contributed by atoms with van der Waals surface area (Å²) in [6.07, 6.45) is 5.81. The first-order valence-corrected chi connectivity index (χ1v) is 5.23. The van der Waals surface area contributed by atoms with E-state index in [2.05, 4.69) is 41.2 Å². The zero-order valence-corrected chi connectivity index (χ0v) is 8.21. The first-order chi connectivity index (χ1) is 6.95. The Bertz CT molecular complexity index is 670. The van der Waals surface area contributed by atoms with Gasteiger partial charge in [0, 0.05) is 21.4 Å². The maximum Gasteiger partial charge on any atom is 0.0547 e. The van der Waals surface area contributed by atoms with E-state index in [1.165, 1.54) is 19.8 Å². The summed E-state index contributed by atoms with van der Waals surface area (Å²) in [6, 6.07) is 8.42. The third-order valence-corrected chi connectivity index (χ3v) is 3.36. The average Bonchev–Trinajstić information content (AvgIpc) is 2.42. The van der Waals surface area contributed by atoms with Gasteiger partial charge in [-0.3, -0.25) is 0 Å². The van der Waals surface area contributed by atoms with Crippen molar-refractivity contribution in [1.29, 1.82) is 0 Å². The maximum absolute atomic E-state index is 4.06. The van der Waals surface area contributed by atoms with Crippen molar-refractivity contribution in [3.63, 3.8) is 0 Å². The molecule has 1 aromatic carbocycles. The molecule has 0 saturated heterocycles. The molecule has 2 aromatic rings. The van der Waals surface area contributed by atoms with Crippen LogP contribution in [0.1, 0.15) is 0 Å². The molecule has 3 rings (SSSR count). The maximum atomic E-state index is 4.06. The number of nitrogens with zero attached hydrogens (tertiary/aromatic N) is 1. The van der Waals surface area contributed by atoms with Gasteiger partial charge in [-0.25, -0.2) is 4.99 Å². The second-order valence-corrected chi connectivity index (χ2v) is 4.18. The number of fused-ring (bicyclic) bond motifs is 3. The number of aliphatic imine (C=N–C) groups is 1. The van der Waals surface area contributed by atoms with E-state index in [0.717, 1.165) is 0 Å². The van der Waals surface area contributed by atoms with Gasteiger partial charge in [0.05, 0.1) is 10.7 Å². The zero-order valence-electron chi connectivity index (χ0n) is 7.40. The van der Waals surface area contributed by atoms with E-state index in [-0.39, 0.29) is 0 Å². The van der Waals surface area contributed by atoms with E-state index in [4.69, 9.17) is 0 Å². The number of hydrogen-bond acceptors (Lipinski definition) is 2. The lowest BCUT2D eigenvalue weighted by Gasteiger charge is -1.84. The molecule has 1 aliphatic rings. The highest BCUT2D eigenvalue weighted by Crippen LogP contribution is 2.12. The van der Waals surface area contributed by atoms with Crippen molar-refractivity contribution < 1.29 is 0 Å². The summed E-state index contributed by atoms with van der Waals surface area (Å²) in [6.45, 7) is 0. The van der Waals surface area contributed by atoms with Gasteiger partial charge in [0.2, 0.25) is 0 Å². The zero-order chi connectivity index (χ0) is 9.38. The van der Waals surface area contributed by atoms with Gasteiger partial charge in [0.1, 0.15) is 0 Å². The fourth-order valence-corrected chi connectivity index (χ4v) is 2.68. The number of rotatable bonds is 0. The van der Waals surface area contributed by atoms with E-state index in [1.54, 1.807) is 11.3 Å². The van der Waals surface area contributed by atoms with Crippen molar-refractivity contribution >= 4 is 39.6 Å². The fourth-order valence-electron chi connectivity index (χ4n) is 1.61. The van der Waals surface area contributed by atoms with Crippen LogP contribution in [-0.2, 0) is 0 Å². The molecule has 0 aliphatic carbocycles. The van der Waals surface area contributed by atoms with Gasteiger partial charge in [0.25, 0.3) is 0 Å². The second kappa shape index (κ2) is 2.95. The number of allylic oxidation sites excluding steroid dienone is 1. The van der Waals surface area contributed by atoms with Crippen LogP contribution in [0.25, 0.3) is 22.4 Å². The topological polar surface area (TPSA) is 12.4 Å². The average molecular weight is 197 g/mol. The molecule has 0 saturated carbocycles. The Morgan fingerprint density at radius 2 is 2.14 bits per heavy atom. The summed E-state index contributed by atoms with van der Waals surface area (Å²) in [5.41, 5.74) is 0. The third kappa shape index (κ3) is 1.06. The number of benzene rings is 1. The third-order valence-electron chi connectivity index (χ3n) is 2.24. The van der Waals surface area contributed by atoms with Crippen LogP contribution >= 0.6 is 11.3 Å². The van der Waals surface area contributed by atoms with Gasteiger partial charge in [-0.2, -0.15) is 0 Å². The molecule has 2 heteroatoms. The van der Waals surface area contributed by atoms with Gasteiger partial charge >= 0.3 is 0 Å². The Hall–Kier alpha value is -1.63. The molecule has 0 bridgehead atoms. The molecule has 1 nitrogen and oxygen atoms in total. The Balaban J connectivity index is 2.63. The molecule has 0 spiro atoms. The van der Waals surface area contributed by atoms with Gasteiger partial charge in [0.15, 0.2) is 0 Å². The Kier molecular flexibility index (Phi) is 1.63. The molecular weight excluding hydrogens is 190 g/mol. The van der Waals surface area contributed by atoms with E-state index in [9.17, 15) is 0 Å². The van der Waals surface area contributed by atoms with Crippen molar-refractivity contribution in [2.24, 2.45) is 4.99 Å². The lowest BCUT2D eigenvalue weighted by atomic mass is 10.2. The van der Waals surface area contributed by atoms with E-state index in [0.29, 0.717) is 0 Å². The molecular formula is C12H7NS. The highest BCUT2D eigenvalue weighted by atomic mass is 32.1. The van der Waals surface area contributed by atoms with Gasteiger partial charge in [-0.15, -0.1) is 11.3 Å². The molecule has 0 N–H and O–H groups in total. The quantitative estimate of drug-likeness (QED) is 0.609. The molecule has 0 radical (unpaired) electrons. The molecule has 14 heavy (non-hydrogen) atoms. The predicted octanol–water partition coefficient (Wildman–Crippen LogP) is 1.66. The Morgan fingerprint density at radius 1 is 1.21 bits per heavy atom. The highest BCUT2D eigenvalue weighted by molar-refractivity contribution is 7.17. The standard InChI is InChI=1S/C12H7NS/c1-2-6-11-9(4-1)10-5-3-7-13-8-12(10)14-11/h1-6,8H. The fraction of sp³-hybridized carbons (Fsp3) is 0. The van der Waals surface area contributed by atoms with Crippen molar-refractivity contribution in [3.8, 4) is 0 Å². The van der Waals surface area contributed by atoms with Crippen LogP contribution in [0.4, 0.5) is 0 Å². The first-order valence-electron chi connectivity index (χ1n) is 4.42. The summed E-state index contributed by atoms with van der Waals surface area (Å²) >= 11 is 1.77. The Morgan fingerprint density at radius 3 is 3.14 bits per heavy atom. The van der Waals surface area contributed by atoms with Crippen LogP contribution in [0.2, 0.25) is 0 Å².